The first kappa shape index (κ1) is 70.4. The predicted molar refractivity (Wildman–Crippen MR) is 307 cm³/mol. The van der Waals surface area contributed by atoms with E-state index in [1.807, 2.05) is 0 Å². The van der Waals surface area contributed by atoms with Crippen molar-refractivity contribution in [3.8, 4) is 0 Å². The topological polar surface area (TPSA) is 155 Å². The van der Waals surface area contributed by atoms with Crippen molar-refractivity contribution >= 4 is 25.7 Å². The third-order valence-corrected chi connectivity index (χ3v) is 13.0. The number of phosphoric acid groups is 1. The smallest absolute Gasteiger partial charge is 0.462 e. The standard InChI is InChI=1S/C62H105O11P/c1-4-7-10-13-16-19-22-25-27-29-31-34-37-40-43-46-49-52-61(65)72-58(54-63)56-70-74(67,68)71-57-59(55-69-60(64)51-48-45-42-39-36-33-24-21-18-15-12-9-6-3)73-62(66)53-50-47-44-41-38-35-32-30-28-26-23-20-17-14-11-8-5-2/h7-8,10-11,16-17,19-20,25-28,31-32,34-35,58-59,63H,4-6,9,12-15,18,21-24,29-30,33,36-57H2,1-3H3,(H,67,68)/b10-7-,11-8-,19-16-,20-17-,27-25-,28-26-,34-31-,35-32-. The van der Waals surface area contributed by atoms with Crippen molar-refractivity contribution in [2.24, 2.45) is 0 Å². The van der Waals surface area contributed by atoms with E-state index in [2.05, 4.69) is 118 Å². The highest BCUT2D eigenvalue weighted by molar-refractivity contribution is 7.47. The Morgan fingerprint density at radius 2 is 0.703 bits per heavy atom. The van der Waals surface area contributed by atoms with Gasteiger partial charge in [-0.05, 0) is 96.3 Å². The number of carbonyl (C=O) groups is 3. The van der Waals surface area contributed by atoms with Crippen molar-refractivity contribution in [3.63, 3.8) is 0 Å². The average Bonchev–Trinajstić information content (AvgIpc) is 3.39. The summed E-state index contributed by atoms with van der Waals surface area (Å²) in [7, 11) is -4.77. The third kappa shape index (κ3) is 53.2. The fourth-order valence-electron chi connectivity index (χ4n) is 7.63. The van der Waals surface area contributed by atoms with E-state index in [0.29, 0.717) is 19.3 Å². The molecule has 3 unspecified atom stereocenters. The average molecular weight is 1060 g/mol. The molecule has 0 aromatic carbocycles. The maximum absolute atomic E-state index is 12.9. The summed E-state index contributed by atoms with van der Waals surface area (Å²) in [6.45, 7) is 4.37. The molecule has 3 atom stereocenters. The summed E-state index contributed by atoms with van der Waals surface area (Å²) >= 11 is 0. The van der Waals surface area contributed by atoms with Gasteiger partial charge in [-0.3, -0.25) is 23.4 Å². The Kier molecular flexibility index (Phi) is 52.9. The van der Waals surface area contributed by atoms with E-state index in [4.69, 9.17) is 23.3 Å². The van der Waals surface area contributed by atoms with Gasteiger partial charge in [-0.1, -0.05) is 221 Å². The van der Waals surface area contributed by atoms with E-state index in [1.165, 1.54) is 57.8 Å². The first-order chi connectivity index (χ1) is 36.2. The van der Waals surface area contributed by atoms with Gasteiger partial charge in [0.1, 0.15) is 12.7 Å². The van der Waals surface area contributed by atoms with E-state index in [-0.39, 0.29) is 25.9 Å². The van der Waals surface area contributed by atoms with Crippen LogP contribution < -0.4 is 0 Å². The number of hydrogen-bond acceptors (Lipinski definition) is 10. The summed E-state index contributed by atoms with van der Waals surface area (Å²) in [6.07, 6.45) is 65.0. The Labute approximate surface area is 451 Å². The second-order valence-electron chi connectivity index (χ2n) is 19.0. The number of rotatable bonds is 53. The van der Waals surface area contributed by atoms with Crippen LogP contribution in [0.15, 0.2) is 97.2 Å². The van der Waals surface area contributed by atoms with Gasteiger partial charge in [-0.15, -0.1) is 0 Å². The van der Waals surface area contributed by atoms with Crippen LogP contribution in [-0.4, -0.2) is 66.5 Å². The van der Waals surface area contributed by atoms with E-state index in [0.717, 1.165) is 122 Å². The largest absolute Gasteiger partial charge is 0.472 e. The molecule has 0 fully saturated rings. The van der Waals surface area contributed by atoms with Crippen molar-refractivity contribution in [1.29, 1.82) is 0 Å². The molecule has 0 aromatic heterocycles. The third-order valence-electron chi connectivity index (χ3n) is 12.0. The number of hydrogen-bond donors (Lipinski definition) is 2. The second-order valence-corrected chi connectivity index (χ2v) is 20.5. The zero-order chi connectivity index (χ0) is 54.1. The summed E-state index contributed by atoms with van der Waals surface area (Å²) in [5.74, 6) is -1.52. The summed E-state index contributed by atoms with van der Waals surface area (Å²) < 4.78 is 39.5. The molecule has 0 amide bonds. The van der Waals surface area contributed by atoms with Gasteiger partial charge >= 0.3 is 25.7 Å². The Morgan fingerprint density at radius 1 is 0.392 bits per heavy atom. The van der Waals surface area contributed by atoms with Gasteiger partial charge in [-0.25, -0.2) is 4.57 Å². The monoisotopic (exact) mass is 1060 g/mol. The molecule has 12 heteroatoms. The number of carbonyl (C=O) groups excluding carboxylic acids is 3. The molecule has 0 saturated carbocycles. The summed E-state index contributed by atoms with van der Waals surface area (Å²) in [5, 5.41) is 9.82. The second kappa shape index (κ2) is 55.6. The SMILES string of the molecule is CC/C=C\C/C=C\C/C=C\C/C=C\CCCCCCC(=O)OC(CO)COP(=O)(O)OCC(COC(=O)CCCCCCCCCCCCCCC)OC(=O)CCCCCC/C=C\C/C=C\C/C=C\C/C=C\CC. The van der Waals surface area contributed by atoms with Crippen LogP contribution in [0.1, 0.15) is 239 Å². The molecule has 74 heavy (non-hydrogen) atoms. The van der Waals surface area contributed by atoms with E-state index in [1.54, 1.807) is 0 Å². The van der Waals surface area contributed by atoms with Crippen LogP contribution in [0.4, 0.5) is 0 Å². The van der Waals surface area contributed by atoms with E-state index >= 15 is 0 Å². The molecule has 2 N–H and O–H groups in total. The van der Waals surface area contributed by atoms with Gasteiger partial charge in [-0.2, -0.15) is 0 Å². The summed E-state index contributed by atoms with van der Waals surface area (Å²) in [6, 6.07) is 0. The molecule has 0 spiro atoms. The van der Waals surface area contributed by atoms with E-state index < -0.39 is 57.8 Å². The molecule has 0 aliphatic carbocycles. The fraction of sp³-hybridized carbons (Fsp3) is 0.694. The van der Waals surface area contributed by atoms with Gasteiger partial charge in [0.15, 0.2) is 6.10 Å². The summed E-state index contributed by atoms with van der Waals surface area (Å²) in [5.41, 5.74) is 0. The Hall–Kier alpha value is -3.60. The normalized spacial score (nSPS) is 14.1. The van der Waals surface area contributed by atoms with Gasteiger partial charge in [0.25, 0.3) is 0 Å². The van der Waals surface area contributed by atoms with Crippen LogP contribution in [0.25, 0.3) is 0 Å². The maximum atomic E-state index is 12.9. The molecule has 0 saturated heterocycles. The molecule has 0 aromatic rings. The number of esters is 3. The van der Waals surface area contributed by atoms with Crippen molar-refractivity contribution in [3.05, 3.63) is 97.2 Å². The molecular weight excluding hydrogens is 952 g/mol. The Morgan fingerprint density at radius 3 is 1.08 bits per heavy atom. The number of aliphatic hydroxyl groups is 1. The van der Waals surface area contributed by atoms with E-state index in [9.17, 15) is 28.9 Å². The molecule has 0 bridgehead atoms. The lowest BCUT2D eigenvalue weighted by molar-refractivity contribution is -0.161. The van der Waals surface area contributed by atoms with Crippen LogP contribution in [0, 0.1) is 0 Å². The van der Waals surface area contributed by atoms with Crippen molar-refractivity contribution in [2.75, 3.05) is 26.4 Å². The highest BCUT2D eigenvalue weighted by Gasteiger charge is 2.28. The zero-order valence-electron chi connectivity index (χ0n) is 46.8. The highest BCUT2D eigenvalue weighted by atomic mass is 31.2. The summed E-state index contributed by atoms with van der Waals surface area (Å²) in [4.78, 5) is 48.5. The lowest BCUT2D eigenvalue weighted by Crippen LogP contribution is -2.30. The van der Waals surface area contributed by atoms with Crippen LogP contribution in [0.3, 0.4) is 0 Å². The lowest BCUT2D eigenvalue weighted by Gasteiger charge is -2.21. The quantitative estimate of drug-likeness (QED) is 0.0197. The van der Waals surface area contributed by atoms with Gasteiger partial charge in [0, 0.05) is 19.3 Å². The number of allylic oxidation sites excluding steroid dienone is 16. The number of unbranched alkanes of at least 4 members (excludes halogenated alkanes) is 20. The van der Waals surface area contributed by atoms with Crippen LogP contribution in [0.2, 0.25) is 0 Å². The zero-order valence-corrected chi connectivity index (χ0v) is 47.7. The minimum absolute atomic E-state index is 0.135. The molecule has 424 valence electrons. The fourth-order valence-corrected chi connectivity index (χ4v) is 8.42. The molecule has 0 rings (SSSR count). The molecular formula is C62H105O11P. The first-order valence-electron chi connectivity index (χ1n) is 29.1. The number of phosphoric ester groups is 1. The molecule has 0 radical (unpaired) electrons. The Balaban J connectivity index is 4.77. The van der Waals surface area contributed by atoms with Crippen LogP contribution in [0.5, 0.6) is 0 Å². The maximum Gasteiger partial charge on any atom is 0.472 e. The molecule has 11 nitrogen and oxygen atoms in total. The molecule has 0 aliphatic heterocycles. The van der Waals surface area contributed by atoms with Crippen LogP contribution in [-0.2, 0) is 42.2 Å². The van der Waals surface area contributed by atoms with Gasteiger partial charge < -0.3 is 24.2 Å². The minimum atomic E-state index is -4.77. The van der Waals surface area contributed by atoms with Gasteiger partial charge in [0.05, 0.1) is 19.8 Å². The lowest BCUT2D eigenvalue weighted by atomic mass is 10.0. The predicted octanol–water partition coefficient (Wildman–Crippen LogP) is 17.3. The van der Waals surface area contributed by atoms with Crippen LogP contribution >= 0.6 is 7.82 Å². The highest BCUT2D eigenvalue weighted by Crippen LogP contribution is 2.43. The first-order valence-corrected chi connectivity index (χ1v) is 30.6. The minimum Gasteiger partial charge on any atom is -0.462 e. The molecule has 0 aliphatic rings. The molecule has 0 heterocycles. The van der Waals surface area contributed by atoms with Crippen molar-refractivity contribution in [2.45, 2.75) is 251 Å². The van der Waals surface area contributed by atoms with Crippen molar-refractivity contribution < 1.29 is 52.2 Å². The van der Waals surface area contributed by atoms with Gasteiger partial charge in [0.2, 0.25) is 0 Å². The number of ether oxygens (including phenoxy) is 3. The Bertz CT molecular complexity index is 1610. The number of aliphatic hydroxyl groups excluding tert-OH is 1. The van der Waals surface area contributed by atoms with Crippen molar-refractivity contribution in [1.82, 2.24) is 0 Å².